The Bertz CT molecular complexity index is 1240. The predicted octanol–water partition coefficient (Wildman–Crippen LogP) is 11.8. The highest BCUT2D eigenvalue weighted by Gasteiger charge is 2.26. The van der Waals surface area contributed by atoms with Gasteiger partial charge in [-0.1, -0.05) is 194 Å². The number of nitrogens with one attached hydrogen (secondary N) is 2. The number of unbranched alkanes of at least 4 members (excludes halogenated alkanes) is 28. The van der Waals surface area contributed by atoms with Crippen molar-refractivity contribution in [2.24, 2.45) is 0 Å². The van der Waals surface area contributed by atoms with E-state index >= 15 is 0 Å². The first kappa shape index (κ1) is 63.2. The summed E-state index contributed by atoms with van der Waals surface area (Å²) in [6.07, 6.45) is 34.2. The highest BCUT2D eigenvalue weighted by molar-refractivity contribution is 7.47. The zero-order chi connectivity index (χ0) is 48.6. The molecular formula is C49H93N2O14P. The molecule has 0 fully saturated rings. The highest BCUT2D eigenvalue weighted by Crippen LogP contribution is 2.43. The van der Waals surface area contributed by atoms with Gasteiger partial charge >= 0.3 is 31.8 Å². The molecule has 16 nitrogen and oxygen atoms in total. The molecule has 0 spiro atoms. The van der Waals surface area contributed by atoms with Crippen molar-refractivity contribution in [3.8, 4) is 0 Å². The number of carboxylic acids is 1. The van der Waals surface area contributed by atoms with Gasteiger partial charge in [-0.05, 0) is 12.8 Å². The van der Waals surface area contributed by atoms with Crippen molar-refractivity contribution in [2.75, 3.05) is 46.3 Å². The largest absolute Gasteiger partial charge is 0.481 e. The number of phosphoric ester groups is 1. The van der Waals surface area contributed by atoms with Crippen LogP contribution in [0.4, 0.5) is 4.79 Å². The number of amides is 2. The monoisotopic (exact) mass is 965 g/mol. The van der Waals surface area contributed by atoms with Gasteiger partial charge in [0.1, 0.15) is 19.9 Å². The molecule has 0 aliphatic heterocycles. The van der Waals surface area contributed by atoms with Crippen molar-refractivity contribution >= 4 is 37.7 Å². The summed E-state index contributed by atoms with van der Waals surface area (Å²) < 4.78 is 43.6. The molecule has 0 saturated carbocycles. The smallest absolute Gasteiger partial charge is 0.472 e. The number of carbonyl (C=O) groups excluding carboxylic acids is 4. The molecule has 4 N–H and O–H groups in total. The summed E-state index contributed by atoms with van der Waals surface area (Å²) in [6.45, 7) is 2.57. The van der Waals surface area contributed by atoms with Gasteiger partial charge in [0, 0.05) is 25.8 Å². The van der Waals surface area contributed by atoms with Gasteiger partial charge in [-0.15, -0.1) is 0 Å². The molecule has 2 amide bonds. The van der Waals surface area contributed by atoms with E-state index < -0.39 is 57.0 Å². The third kappa shape index (κ3) is 47.7. The average molecular weight is 965 g/mol. The summed E-state index contributed by atoms with van der Waals surface area (Å²) >= 11 is 0. The number of carboxylic acid groups (broad SMARTS) is 1. The number of aliphatic carboxylic acids is 1. The fraction of sp³-hybridized carbons (Fsp3) is 0.898. The van der Waals surface area contributed by atoms with E-state index in [9.17, 15) is 33.4 Å². The fourth-order valence-corrected chi connectivity index (χ4v) is 7.94. The first-order valence-electron chi connectivity index (χ1n) is 25.9. The van der Waals surface area contributed by atoms with Crippen molar-refractivity contribution < 1.29 is 66.5 Å². The van der Waals surface area contributed by atoms with E-state index in [0.717, 1.165) is 38.5 Å². The van der Waals surface area contributed by atoms with E-state index in [0.29, 0.717) is 12.8 Å². The summed E-state index contributed by atoms with van der Waals surface area (Å²) in [7, 11) is -4.66. The van der Waals surface area contributed by atoms with Crippen molar-refractivity contribution in [2.45, 2.75) is 238 Å². The number of hydrogen-bond acceptors (Lipinski definition) is 12. The molecule has 0 aliphatic carbocycles. The van der Waals surface area contributed by atoms with E-state index in [4.69, 9.17) is 33.1 Å². The lowest BCUT2D eigenvalue weighted by atomic mass is 10.0. The number of rotatable bonds is 50. The van der Waals surface area contributed by atoms with E-state index in [2.05, 4.69) is 24.5 Å². The molecule has 1 unspecified atom stereocenters. The Morgan fingerprint density at radius 1 is 0.485 bits per heavy atom. The normalized spacial score (nSPS) is 12.6. The molecule has 0 radical (unpaired) electrons. The number of alkyl carbamates (subject to hydrolysis) is 1. The van der Waals surface area contributed by atoms with Crippen LogP contribution in [-0.4, -0.2) is 92.3 Å². The van der Waals surface area contributed by atoms with Gasteiger partial charge in [0.25, 0.3) is 0 Å². The Hall–Kier alpha value is -2.78. The van der Waals surface area contributed by atoms with Crippen LogP contribution in [0.3, 0.4) is 0 Å². The minimum absolute atomic E-state index is 0.0527. The van der Waals surface area contributed by atoms with Crippen LogP contribution in [0.15, 0.2) is 0 Å². The topological polar surface area (TPSA) is 222 Å². The molecule has 0 aromatic heterocycles. The van der Waals surface area contributed by atoms with Gasteiger partial charge < -0.3 is 39.6 Å². The lowest BCUT2D eigenvalue weighted by Crippen LogP contribution is -2.30. The van der Waals surface area contributed by atoms with Gasteiger partial charge in [-0.2, -0.15) is 0 Å². The number of esters is 2. The Kier molecular flexibility index (Phi) is 45.3. The summed E-state index contributed by atoms with van der Waals surface area (Å²) in [5.74, 6) is -2.54. The predicted molar refractivity (Wildman–Crippen MR) is 257 cm³/mol. The maximum Gasteiger partial charge on any atom is 0.472 e. The van der Waals surface area contributed by atoms with Crippen LogP contribution >= 0.6 is 7.82 Å². The molecule has 0 bridgehead atoms. The molecule has 388 valence electrons. The zero-order valence-electron chi connectivity index (χ0n) is 41.3. The van der Waals surface area contributed by atoms with Crippen LogP contribution in [0.5, 0.6) is 0 Å². The van der Waals surface area contributed by atoms with Crippen LogP contribution < -0.4 is 10.6 Å². The van der Waals surface area contributed by atoms with Gasteiger partial charge in [0.2, 0.25) is 5.91 Å². The Labute approximate surface area is 398 Å². The molecule has 0 aliphatic rings. The average Bonchev–Trinajstić information content (AvgIpc) is 3.29. The molecule has 0 aromatic carbocycles. The van der Waals surface area contributed by atoms with Crippen LogP contribution in [0.25, 0.3) is 0 Å². The van der Waals surface area contributed by atoms with Crippen LogP contribution in [-0.2, 0) is 51.7 Å². The maximum absolute atomic E-state index is 12.8. The Balaban J connectivity index is 4.53. The Morgan fingerprint density at radius 3 is 1.38 bits per heavy atom. The minimum Gasteiger partial charge on any atom is -0.481 e. The lowest BCUT2D eigenvalue weighted by Gasteiger charge is -2.20. The second-order valence-corrected chi connectivity index (χ2v) is 18.9. The van der Waals surface area contributed by atoms with Crippen molar-refractivity contribution in [3.63, 3.8) is 0 Å². The molecule has 0 heterocycles. The SMILES string of the molecule is CCCCCCCCCCCCCCCCCC(=O)OC[C@H](COP(=O)(O)OCCNC(=O)OCCOCNC(=O)CCC(=O)O)OC(=O)CCCCCCCCCCCCCCCCC. The minimum atomic E-state index is -4.66. The van der Waals surface area contributed by atoms with Crippen molar-refractivity contribution in [1.82, 2.24) is 10.6 Å². The molecule has 66 heavy (non-hydrogen) atoms. The molecule has 0 aromatic rings. The highest BCUT2D eigenvalue weighted by atomic mass is 31.2. The quantitative estimate of drug-likeness (QED) is 0.0146. The Morgan fingerprint density at radius 2 is 0.924 bits per heavy atom. The molecule has 2 atom stereocenters. The number of carbonyl (C=O) groups is 5. The second kappa shape index (κ2) is 47.3. The first-order valence-corrected chi connectivity index (χ1v) is 27.4. The zero-order valence-corrected chi connectivity index (χ0v) is 42.2. The van der Waals surface area contributed by atoms with E-state index in [1.165, 1.54) is 141 Å². The first-order chi connectivity index (χ1) is 32.0. The van der Waals surface area contributed by atoms with Crippen LogP contribution in [0.2, 0.25) is 0 Å². The van der Waals surface area contributed by atoms with Gasteiger partial charge in [0.05, 0.1) is 26.2 Å². The third-order valence-electron chi connectivity index (χ3n) is 11.1. The second-order valence-electron chi connectivity index (χ2n) is 17.4. The summed E-state index contributed by atoms with van der Waals surface area (Å²) in [4.78, 5) is 69.5. The number of ether oxygens (including phenoxy) is 4. The summed E-state index contributed by atoms with van der Waals surface area (Å²) in [5, 5.41) is 13.3. The number of hydrogen-bond donors (Lipinski definition) is 4. The standard InChI is InChI=1S/C49H93N2O14P/c1-3-5-7-9-11-13-15-17-19-21-23-25-27-29-31-33-47(55)62-41-44(65-48(56)34-32-30-28-26-24-22-20-18-16-14-12-10-8-6-4-2)42-64-66(58,59)63-38-37-50-49(57)61-40-39-60-43-51-45(52)35-36-46(53)54/h44H,3-43H2,1-2H3,(H,50,57)(H,51,52)(H,53,54)(H,58,59)/t44-/m1/s1. The van der Waals surface area contributed by atoms with E-state index in [1.54, 1.807) is 0 Å². The summed E-state index contributed by atoms with van der Waals surface area (Å²) in [5.41, 5.74) is 0. The number of phosphoric acid groups is 1. The van der Waals surface area contributed by atoms with E-state index in [1.807, 2.05) is 0 Å². The van der Waals surface area contributed by atoms with E-state index in [-0.39, 0.29) is 58.8 Å². The molecule has 0 saturated heterocycles. The third-order valence-corrected chi connectivity index (χ3v) is 12.1. The maximum atomic E-state index is 12.8. The van der Waals surface area contributed by atoms with Crippen molar-refractivity contribution in [1.29, 1.82) is 0 Å². The van der Waals surface area contributed by atoms with Gasteiger partial charge in [-0.25, -0.2) is 9.36 Å². The fourth-order valence-electron chi connectivity index (χ4n) is 7.19. The van der Waals surface area contributed by atoms with Crippen molar-refractivity contribution in [3.05, 3.63) is 0 Å². The van der Waals surface area contributed by atoms with Crippen LogP contribution in [0, 0.1) is 0 Å². The molecule has 0 rings (SSSR count). The lowest BCUT2D eigenvalue weighted by molar-refractivity contribution is -0.161. The molecule has 17 heteroatoms. The molecular weight excluding hydrogens is 872 g/mol. The van der Waals surface area contributed by atoms with Gasteiger partial charge in [0.15, 0.2) is 6.10 Å². The van der Waals surface area contributed by atoms with Gasteiger partial charge in [-0.3, -0.25) is 28.2 Å². The summed E-state index contributed by atoms with van der Waals surface area (Å²) in [6, 6.07) is 0. The van der Waals surface area contributed by atoms with Crippen LogP contribution in [0.1, 0.15) is 232 Å².